The second-order valence-corrected chi connectivity index (χ2v) is 6.72. The molecule has 0 aliphatic carbocycles. The van der Waals surface area contributed by atoms with Crippen LogP contribution in [0.15, 0.2) is 24.8 Å². The summed E-state index contributed by atoms with van der Waals surface area (Å²) in [6.07, 6.45) is -9.31. The van der Waals surface area contributed by atoms with Crippen molar-refractivity contribution in [2.75, 3.05) is 19.3 Å². The lowest BCUT2D eigenvalue weighted by Gasteiger charge is -2.17. The van der Waals surface area contributed by atoms with Crippen LogP contribution in [0.25, 0.3) is 22.6 Å². The first-order valence-corrected chi connectivity index (χ1v) is 8.83. The molecule has 0 bridgehead atoms. The van der Waals surface area contributed by atoms with Crippen molar-refractivity contribution in [2.45, 2.75) is 30.7 Å². The average Bonchev–Trinajstić information content (AvgIpc) is 3.32. The van der Waals surface area contributed by atoms with Gasteiger partial charge in [0, 0.05) is 40.1 Å². The minimum absolute atomic E-state index is 0.203. The van der Waals surface area contributed by atoms with E-state index in [0.29, 0.717) is 12.3 Å². The monoisotopic (exact) mass is 459 g/mol. The van der Waals surface area contributed by atoms with Crippen LogP contribution >= 0.6 is 0 Å². The molecule has 11 nitrogen and oxygen atoms in total. The molecule has 1 aliphatic heterocycles. The molecule has 3 aromatic rings. The van der Waals surface area contributed by atoms with Gasteiger partial charge in [0.25, 0.3) is 5.91 Å². The van der Waals surface area contributed by atoms with Crippen LogP contribution in [0.3, 0.4) is 0 Å². The zero-order valence-electron chi connectivity index (χ0n) is 21.7. The second-order valence-electron chi connectivity index (χ2n) is 6.72. The van der Waals surface area contributed by atoms with Crippen molar-refractivity contribution in [2.24, 2.45) is 0 Å². The third-order valence-corrected chi connectivity index (χ3v) is 4.76. The number of aliphatic hydroxyl groups excluding tert-OH is 2. The Bertz CT molecular complexity index is 1370. The standard InChI is InChI=1S/C18H18F3N7O4/c1-22-14-9-15(27-13(26-14)7-3-8(5-24-4-7)18(19,20)21)28(6-25-9)17-11(30)10(29)12(32-17)16(31)23-2/h3-6,10-12,17,29-30H,1-2H3,(H,23,31)(H,22,26,27)/t10-,11+,12-,17+/m0/s1/i1D3,2D3. The summed E-state index contributed by atoms with van der Waals surface area (Å²) in [6, 6.07) is 0.688. The van der Waals surface area contributed by atoms with E-state index in [1.165, 1.54) is 0 Å². The number of carbonyl (C=O) groups is 1. The molecule has 1 amide bonds. The molecule has 14 heteroatoms. The molecule has 170 valence electrons. The average molecular weight is 459 g/mol. The molecular formula is C18H18F3N7O4. The number of hydrogen-bond acceptors (Lipinski definition) is 9. The molecule has 4 rings (SSSR count). The number of carbonyl (C=O) groups excluding carboxylic acids is 1. The lowest BCUT2D eigenvalue weighted by molar-refractivity contribution is -0.138. The Labute approximate surface area is 186 Å². The Kier molecular flexibility index (Phi) is 3.84. The summed E-state index contributed by atoms with van der Waals surface area (Å²) < 4.78 is 89.9. The number of halogens is 3. The normalized spacial score (nSPS) is 27.0. The molecule has 4 N–H and O–H groups in total. The third kappa shape index (κ3) is 3.61. The van der Waals surface area contributed by atoms with E-state index in [9.17, 15) is 28.2 Å². The van der Waals surface area contributed by atoms with Crippen molar-refractivity contribution in [1.29, 1.82) is 0 Å². The molecule has 32 heavy (non-hydrogen) atoms. The van der Waals surface area contributed by atoms with Gasteiger partial charge in [0.1, 0.15) is 12.2 Å². The fourth-order valence-corrected chi connectivity index (χ4v) is 3.21. The lowest BCUT2D eigenvalue weighted by Crippen LogP contribution is -2.41. The maximum Gasteiger partial charge on any atom is 0.417 e. The molecule has 4 heterocycles. The first-order chi connectivity index (χ1) is 17.4. The first-order valence-electron chi connectivity index (χ1n) is 11.8. The van der Waals surface area contributed by atoms with Crippen LogP contribution < -0.4 is 10.6 Å². The predicted octanol–water partition coefficient (Wildman–Crippen LogP) is 0.314. The van der Waals surface area contributed by atoms with Gasteiger partial charge in [-0.3, -0.25) is 14.3 Å². The van der Waals surface area contributed by atoms with E-state index < -0.39 is 67.8 Å². The number of imidazole rings is 1. The van der Waals surface area contributed by atoms with Gasteiger partial charge in [0.15, 0.2) is 35.1 Å². The summed E-state index contributed by atoms with van der Waals surface area (Å²) in [7, 11) is 0. The lowest BCUT2D eigenvalue weighted by atomic mass is 10.1. The zero-order valence-corrected chi connectivity index (χ0v) is 15.7. The van der Waals surface area contributed by atoms with Gasteiger partial charge in [-0.1, -0.05) is 0 Å². The van der Waals surface area contributed by atoms with E-state index in [2.05, 4.69) is 25.3 Å². The molecule has 0 spiro atoms. The van der Waals surface area contributed by atoms with E-state index >= 15 is 0 Å². The van der Waals surface area contributed by atoms with Crippen LogP contribution in [0.4, 0.5) is 19.0 Å². The fourth-order valence-electron chi connectivity index (χ4n) is 3.21. The quantitative estimate of drug-likeness (QED) is 0.433. The molecule has 1 saturated heterocycles. The van der Waals surface area contributed by atoms with Gasteiger partial charge in [-0.2, -0.15) is 13.2 Å². The SMILES string of the molecule is [2H]C([2H])([2H])NC(=O)[C@H]1O[C@@H](n2cnc3c(NC([2H])([2H])[2H])nc(-c4cncc(C(F)(F)F)c4)nc32)[C@H](O)[C@@H]1O. The number of rotatable bonds is 4. The van der Waals surface area contributed by atoms with Crippen LogP contribution in [-0.4, -0.2) is 72.9 Å². The summed E-state index contributed by atoms with van der Waals surface area (Å²) in [5, 5.41) is 24.6. The zero-order chi connectivity index (χ0) is 28.2. The second kappa shape index (κ2) is 7.96. The molecular weight excluding hydrogens is 435 g/mol. The van der Waals surface area contributed by atoms with E-state index in [-0.39, 0.29) is 16.7 Å². The molecule has 1 fully saturated rings. The minimum atomic E-state index is -4.75. The highest BCUT2D eigenvalue weighted by atomic mass is 19.4. The van der Waals surface area contributed by atoms with E-state index in [4.69, 9.17) is 13.0 Å². The maximum absolute atomic E-state index is 13.2. The van der Waals surface area contributed by atoms with Crippen LogP contribution in [0.5, 0.6) is 0 Å². The number of pyridine rings is 1. The van der Waals surface area contributed by atoms with Crippen molar-refractivity contribution in [3.63, 3.8) is 0 Å². The Morgan fingerprint density at radius 3 is 2.78 bits per heavy atom. The topological polar surface area (TPSA) is 147 Å². The third-order valence-electron chi connectivity index (χ3n) is 4.76. The molecule has 3 aromatic heterocycles. The largest absolute Gasteiger partial charge is 0.417 e. The number of aliphatic hydroxyl groups is 2. The molecule has 4 atom stereocenters. The van der Waals surface area contributed by atoms with Crippen molar-refractivity contribution in [3.05, 3.63) is 30.4 Å². The van der Waals surface area contributed by atoms with Gasteiger partial charge in [-0.05, 0) is 6.07 Å². The van der Waals surface area contributed by atoms with Crippen LogP contribution in [0.2, 0.25) is 0 Å². The number of fused-ring (bicyclic) bond motifs is 1. The fraction of sp³-hybridized carbons (Fsp3) is 0.389. The van der Waals surface area contributed by atoms with Crippen molar-refractivity contribution in [3.8, 4) is 11.4 Å². The summed E-state index contributed by atoms with van der Waals surface area (Å²) in [5.41, 5.74) is -1.83. The number of hydrogen-bond donors (Lipinski definition) is 4. The number of nitrogens with zero attached hydrogens (tertiary/aromatic N) is 5. The van der Waals surface area contributed by atoms with Gasteiger partial charge >= 0.3 is 6.18 Å². The van der Waals surface area contributed by atoms with E-state index in [1.54, 1.807) is 5.32 Å². The Hall–Kier alpha value is -3.36. The number of likely N-dealkylation sites (N-methyl/N-ethyl adjacent to an activating group) is 1. The molecule has 0 radical (unpaired) electrons. The van der Waals surface area contributed by atoms with Crippen LogP contribution in [-0.2, 0) is 15.7 Å². The number of anilines is 1. The number of alkyl halides is 3. The summed E-state index contributed by atoms with van der Waals surface area (Å²) in [4.78, 5) is 27.9. The van der Waals surface area contributed by atoms with E-state index in [1.807, 2.05) is 0 Å². The molecule has 0 saturated carbocycles. The smallest absolute Gasteiger partial charge is 0.387 e. The van der Waals surface area contributed by atoms with Crippen molar-refractivity contribution < 1.29 is 41.1 Å². The van der Waals surface area contributed by atoms with Crippen molar-refractivity contribution in [1.82, 2.24) is 29.8 Å². The van der Waals surface area contributed by atoms with Crippen LogP contribution in [0.1, 0.15) is 20.0 Å². The number of amides is 1. The Morgan fingerprint density at radius 2 is 2.06 bits per heavy atom. The Morgan fingerprint density at radius 1 is 1.25 bits per heavy atom. The predicted molar refractivity (Wildman–Crippen MR) is 103 cm³/mol. The summed E-state index contributed by atoms with van der Waals surface area (Å²) in [5.74, 6) is -2.07. The van der Waals surface area contributed by atoms with Gasteiger partial charge in [0.05, 0.1) is 11.9 Å². The highest BCUT2D eigenvalue weighted by molar-refractivity contribution is 5.85. The number of ether oxygens (including phenoxy) is 1. The number of nitrogens with one attached hydrogen (secondary N) is 2. The van der Waals surface area contributed by atoms with Crippen LogP contribution in [0, 0.1) is 0 Å². The summed E-state index contributed by atoms with van der Waals surface area (Å²) in [6.45, 7) is -5.73. The van der Waals surface area contributed by atoms with Gasteiger partial charge < -0.3 is 25.6 Å². The van der Waals surface area contributed by atoms with Gasteiger partial charge in [-0.15, -0.1) is 0 Å². The minimum Gasteiger partial charge on any atom is -0.387 e. The maximum atomic E-state index is 13.2. The molecule has 0 aromatic carbocycles. The first kappa shape index (κ1) is 15.4. The van der Waals surface area contributed by atoms with E-state index in [0.717, 1.165) is 17.1 Å². The highest BCUT2D eigenvalue weighted by Gasteiger charge is 2.47. The van der Waals surface area contributed by atoms with Gasteiger partial charge in [0.2, 0.25) is 0 Å². The van der Waals surface area contributed by atoms with Crippen molar-refractivity contribution >= 4 is 22.9 Å². The molecule has 0 unspecified atom stereocenters. The summed E-state index contributed by atoms with van der Waals surface area (Å²) >= 11 is 0. The number of aromatic nitrogens is 5. The Balaban J connectivity index is 1.81. The highest BCUT2D eigenvalue weighted by Crippen LogP contribution is 2.34. The molecule has 1 aliphatic rings. The van der Waals surface area contributed by atoms with Gasteiger partial charge in [-0.25, -0.2) is 15.0 Å².